The SMILES string of the molecule is CCc1ccc(-n2c(C(CC)N(C)C(=O)CC(C)(C)C)nc3ccccc3c2=O)cc1. The van der Waals surface area contributed by atoms with Gasteiger partial charge >= 0.3 is 0 Å². The van der Waals surface area contributed by atoms with Crippen LogP contribution < -0.4 is 5.56 Å². The topological polar surface area (TPSA) is 55.2 Å². The molecule has 0 spiro atoms. The molecule has 1 unspecified atom stereocenters. The van der Waals surface area contributed by atoms with Crippen molar-refractivity contribution in [2.45, 2.75) is 59.9 Å². The van der Waals surface area contributed by atoms with Crippen LogP contribution in [0.3, 0.4) is 0 Å². The zero-order chi connectivity index (χ0) is 22.8. The molecule has 0 fully saturated rings. The van der Waals surface area contributed by atoms with Crippen molar-refractivity contribution in [3.63, 3.8) is 0 Å². The molecule has 0 aliphatic rings. The highest BCUT2D eigenvalue weighted by atomic mass is 16.2. The van der Waals surface area contributed by atoms with E-state index in [2.05, 4.69) is 27.7 Å². The number of amides is 1. The molecule has 164 valence electrons. The Balaban J connectivity index is 2.21. The fourth-order valence-corrected chi connectivity index (χ4v) is 3.89. The van der Waals surface area contributed by atoms with Crippen LogP contribution in [0.2, 0.25) is 0 Å². The third kappa shape index (κ3) is 4.87. The molecule has 3 aromatic rings. The molecule has 1 amide bonds. The van der Waals surface area contributed by atoms with E-state index in [9.17, 15) is 9.59 Å². The van der Waals surface area contributed by atoms with Gasteiger partial charge in [-0.3, -0.25) is 14.2 Å². The molecule has 2 aromatic carbocycles. The zero-order valence-corrected chi connectivity index (χ0v) is 19.5. The number of benzene rings is 2. The van der Waals surface area contributed by atoms with E-state index in [4.69, 9.17) is 4.98 Å². The number of carbonyl (C=O) groups excluding carboxylic acids is 1. The van der Waals surface area contributed by atoms with Crippen LogP contribution in [0, 0.1) is 5.41 Å². The monoisotopic (exact) mass is 419 g/mol. The van der Waals surface area contributed by atoms with Gasteiger partial charge in [-0.2, -0.15) is 0 Å². The Kier molecular flexibility index (Phi) is 6.63. The first kappa shape index (κ1) is 22.7. The summed E-state index contributed by atoms with van der Waals surface area (Å²) >= 11 is 0. The predicted molar refractivity (Wildman–Crippen MR) is 127 cm³/mol. The quantitative estimate of drug-likeness (QED) is 0.545. The van der Waals surface area contributed by atoms with E-state index >= 15 is 0 Å². The Hall–Kier alpha value is -2.95. The van der Waals surface area contributed by atoms with Gasteiger partial charge in [0.15, 0.2) is 0 Å². The molecule has 0 aliphatic heterocycles. The van der Waals surface area contributed by atoms with Crippen LogP contribution in [-0.4, -0.2) is 27.4 Å². The third-order valence-corrected chi connectivity index (χ3v) is 5.63. The van der Waals surface area contributed by atoms with E-state index < -0.39 is 0 Å². The molecule has 1 aromatic heterocycles. The molecule has 1 heterocycles. The van der Waals surface area contributed by atoms with Gasteiger partial charge in [0, 0.05) is 13.5 Å². The van der Waals surface area contributed by atoms with Crippen LogP contribution in [-0.2, 0) is 11.2 Å². The average Bonchev–Trinajstić information content (AvgIpc) is 2.73. The molecule has 1 atom stereocenters. The van der Waals surface area contributed by atoms with E-state index in [0.29, 0.717) is 29.6 Å². The highest BCUT2D eigenvalue weighted by Gasteiger charge is 2.28. The molecule has 0 saturated heterocycles. The van der Waals surface area contributed by atoms with Gasteiger partial charge < -0.3 is 4.90 Å². The van der Waals surface area contributed by atoms with E-state index in [1.165, 1.54) is 5.56 Å². The number of hydrogen-bond acceptors (Lipinski definition) is 3. The molecular weight excluding hydrogens is 386 g/mol. The summed E-state index contributed by atoms with van der Waals surface area (Å²) in [6.07, 6.45) is 2.02. The molecule has 31 heavy (non-hydrogen) atoms. The summed E-state index contributed by atoms with van der Waals surface area (Å²) in [5.41, 5.74) is 2.40. The first-order valence-electron chi connectivity index (χ1n) is 11.0. The zero-order valence-electron chi connectivity index (χ0n) is 19.5. The summed E-state index contributed by atoms with van der Waals surface area (Å²) in [4.78, 5) is 33.2. The minimum absolute atomic E-state index is 0.0506. The molecule has 5 nitrogen and oxygen atoms in total. The van der Waals surface area contributed by atoms with Gasteiger partial charge in [-0.05, 0) is 48.1 Å². The Labute approximate surface area is 184 Å². The van der Waals surface area contributed by atoms with Gasteiger partial charge in [-0.1, -0.05) is 58.9 Å². The number of nitrogens with zero attached hydrogens (tertiary/aromatic N) is 3. The van der Waals surface area contributed by atoms with Crippen LogP contribution in [0.1, 0.15) is 64.9 Å². The van der Waals surface area contributed by atoms with Crippen molar-refractivity contribution in [1.82, 2.24) is 14.5 Å². The van der Waals surface area contributed by atoms with Gasteiger partial charge in [-0.25, -0.2) is 4.98 Å². The predicted octanol–water partition coefficient (Wildman–Crippen LogP) is 5.29. The standard InChI is InChI=1S/C26H33N3O2/c1-7-18-13-15-19(16-14-18)29-24(27-21-12-10-9-11-20(21)25(29)31)22(8-2)28(6)23(30)17-26(3,4)5/h9-16,22H,7-8,17H2,1-6H3. The van der Waals surface area contributed by atoms with Crippen LogP contribution in [0.4, 0.5) is 0 Å². The Morgan fingerprint density at radius 2 is 1.71 bits per heavy atom. The minimum Gasteiger partial charge on any atom is -0.336 e. The molecule has 3 rings (SSSR count). The van der Waals surface area contributed by atoms with E-state index in [1.54, 1.807) is 15.5 Å². The maximum atomic E-state index is 13.6. The Bertz CT molecular complexity index is 1120. The van der Waals surface area contributed by atoms with Crippen molar-refractivity contribution in [2.75, 3.05) is 7.05 Å². The van der Waals surface area contributed by atoms with Crippen molar-refractivity contribution in [3.8, 4) is 5.69 Å². The average molecular weight is 420 g/mol. The fourth-order valence-electron chi connectivity index (χ4n) is 3.89. The molecule has 0 bridgehead atoms. The molecule has 0 N–H and O–H groups in total. The minimum atomic E-state index is -0.307. The second-order valence-corrected chi connectivity index (χ2v) is 9.31. The molecular formula is C26H33N3O2. The summed E-state index contributed by atoms with van der Waals surface area (Å²) < 4.78 is 1.68. The lowest BCUT2D eigenvalue weighted by Gasteiger charge is -2.31. The van der Waals surface area contributed by atoms with Crippen LogP contribution in [0.15, 0.2) is 53.3 Å². The first-order valence-corrected chi connectivity index (χ1v) is 11.0. The van der Waals surface area contributed by atoms with Crippen molar-refractivity contribution in [1.29, 1.82) is 0 Å². The van der Waals surface area contributed by atoms with Gasteiger partial charge in [0.05, 0.1) is 22.6 Å². The lowest BCUT2D eigenvalue weighted by molar-refractivity contribution is -0.134. The second-order valence-electron chi connectivity index (χ2n) is 9.31. The Morgan fingerprint density at radius 1 is 1.06 bits per heavy atom. The summed E-state index contributed by atoms with van der Waals surface area (Å²) in [7, 11) is 1.81. The Morgan fingerprint density at radius 3 is 2.29 bits per heavy atom. The highest BCUT2D eigenvalue weighted by molar-refractivity contribution is 5.79. The summed E-state index contributed by atoms with van der Waals surface area (Å²) in [5, 5.41) is 0.573. The maximum Gasteiger partial charge on any atom is 0.266 e. The van der Waals surface area contributed by atoms with E-state index in [0.717, 1.165) is 12.1 Å². The molecule has 0 radical (unpaired) electrons. The number of hydrogen-bond donors (Lipinski definition) is 0. The van der Waals surface area contributed by atoms with Crippen molar-refractivity contribution in [3.05, 3.63) is 70.3 Å². The number of aryl methyl sites for hydroxylation is 1. The maximum absolute atomic E-state index is 13.6. The lowest BCUT2D eigenvalue weighted by atomic mass is 9.91. The normalized spacial score (nSPS) is 12.7. The molecule has 5 heteroatoms. The van der Waals surface area contributed by atoms with Crippen LogP contribution in [0.25, 0.3) is 16.6 Å². The molecule has 0 aliphatic carbocycles. The van der Waals surface area contributed by atoms with Gasteiger partial charge in [0.2, 0.25) is 5.91 Å². The van der Waals surface area contributed by atoms with E-state index in [-0.39, 0.29) is 22.9 Å². The lowest BCUT2D eigenvalue weighted by Crippen LogP contribution is -2.37. The highest BCUT2D eigenvalue weighted by Crippen LogP contribution is 2.28. The van der Waals surface area contributed by atoms with Gasteiger partial charge in [0.1, 0.15) is 5.82 Å². The van der Waals surface area contributed by atoms with Crippen LogP contribution >= 0.6 is 0 Å². The van der Waals surface area contributed by atoms with Crippen LogP contribution in [0.5, 0.6) is 0 Å². The smallest absolute Gasteiger partial charge is 0.266 e. The fraction of sp³-hybridized carbons (Fsp3) is 0.423. The summed E-state index contributed by atoms with van der Waals surface area (Å²) in [6.45, 7) is 10.3. The number of carbonyl (C=O) groups is 1. The van der Waals surface area contributed by atoms with Gasteiger partial charge in [0.25, 0.3) is 5.56 Å². The van der Waals surface area contributed by atoms with Crippen molar-refractivity contribution in [2.24, 2.45) is 5.41 Å². The molecule has 0 saturated carbocycles. The summed E-state index contributed by atoms with van der Waals surface area (Å²) in [5.74, 6) is 0.648. The number of aromatic nitrogens is 2. The number of para-hydroxylation sites is 1. The number of rotatable bonds is 6. The van der Waals surface area contributed by atoms with Gasteiger partial charge in [-0.15, -0.1) is 0 Å². The van der Waals surface area contributed by atoms with Crippen molar-refractivity contribution >= 4 is 16.8 Å². The van der Waals surface area contributed by atoms with E-state index in [1.807, 2.05) is 56.4 Å². The number of fused-ring (bicyclic) bond motifs is 1. The largest absolute Gasteiger partial charge is 0.336 e. The van der Waals surface area contributed by atoms with Crippen molar-refractivity contribution < 1.29 is 4.79 Å². The summed E-state index contributed by atoms with van der Waals surface area (Å²) in [6, 6.07) is 15.1. The first-order chi connectivity index (χ1) is 14.7. The second kappa shape index (κ2) is 9.04. The third-order valence-electron chi connectivity index (χ3n) is 5.63.